The Balaban J connectivity index is 1.52. The van der Waals surface area contributed by atoms with Gasteiger partial charge >= 0.3 is 0 Å². The summed E-state index contributed by atoms with van der Waals surface area (Å²) in [4.78, 5) is 15.0. The van der Waals surface area contributed by atoms with Crippen LogP contribution in [0.5, 0.6) is 0 Å². The molecule has 2 aromatic heterocycles. The Bertz CT molecular complexity index is 723. The molecule has 5 heterocycles. The van der Waals surface area contributed by atoms with Crippen molar-refractivity contribution >= 4 is 17.2 Å². The molecular weight excluding hydrogens is 320 g/mol. The van der Waals surface area contributed by atoms with Gasteiger partial charge in [-0.1, -0.05) is 6.07 Å². The average molecular weight is 344 g/mol. The molecule has 2 aromatic rings. The van der Waals surface area contributed by atoms with E-state index in [-0.39, 0.29) is 5.91 Å². The number of rotatable bonds is 4. The number of fused-ring (bicyclic) bond motifs is 3. The Labute approximate surface area is 146 Å². The number of hydrogen-bond donors (Lipinski definition) is 1. The smallest absolute Gasteiger partial charge is 0.216 e. The van der Waals surface area contributed by atoms with Crippen LogP contribution in [0.2, 0.25) is 0 Å². The highest BCUT2D eigenvalue weighted by atomic mass is 32.1. The predicted octanol–water partition coefficient (Wildman–Crippen LogP) is 2.46. The molecule has 6 heteroatoms. The van der Waals surface area contributed by atoms with Crippen molar-refractivity contribution in [3.05, 3.63) is 29.3 Å². The quantitative estimate of drug-likeness (QED) is 0.927. The molecule has 0 spiro atoms. The molecule has 2 bridgehead atoms. The first-order valence-corrected chi connectivity index (χ1v) is 9.56. The highest BCUT2D eigenvalue weighted by molar-refractivity contribution is 7.13. The van der Waals surface area contributed by atoms with E-state index in [1.807, 2.05) is 0 Å². The van der Waals surface area contributed by atoms with Crippen LogP contribution in [0.3, 0.4) is 0 Å². The van der Waals surface area contributed by atoms with Crippen molar-refractivity contribution in [2.24, 2.45) is 13.0 Å². The zero-order valence-electron chi connectivity index (χ0n) is 14.2. The first-order chi connectivity index (χ1) is 11.6. The number of nitrogens with one attached hydrogen (secondary N) is 1. The van der Waals surface area contributed by atoms with Crippen LogP contribution < -0.4 is 5.32 Å². The van der Waals surface area contributed by atoms with Gasteiger partial charge in [-0.05, 0) is 42.8 Å². The zero-order valence-corrected chi connectivity index (χ0v) is 15.1. The van der Waals surface area contributed by atoms with E-state index < -0.39 is 0 Å². The number of hydrogen-bond acceptors (Lipinski definition) is 4. The first-order valence-electron chi connectivity index (χ1n) is 8.68. The van der Waals surface area contributed by atoms with Crippen LogP contribution >= 0.6 is 11.3 Å². The lowest BCUT2D eigenvalue weighted by Gasteiger charge is -2.49. The molecule has 0 radical (unpaired) electrons. The summed E-state index contributed by atoms with van der Waals surface area (Å²) in [5, 5.41) is 9.84. The molecule has 128 valence electrons. The first kappa shape index (κ1) is 15.8. The third-order valence-corrected chi connectivity index (χ3v) is 6.43. The molecular formula is C18H24N4OS. The Kier molecular flexibility index (Phi) is 4.18. The van der Waals surface area contributed by atoms with Gasteiger partial charge in [-0.25, -0.2) is 0 Å². The van der Waals surface area contributed by atoms with Crippen LogP contribution in [0.4, 0.5) is 0 Å². The number of piperidine rings is 3. The van der Waals surface area contributed by atoms with Crippen molar-refractivity contribution in [2.45, 2.75) is 31.7 Å². The largest absolute Gasteiger partial charge is 0.355 e. The number of aromatic nitrogens is 2. The van der Waals surface area contributed by atoms with E-state index in [9.17, 15) is 4.79 Å². The summed E-state index contributed by atoms with van der Waals surface area (Å²) in [6.07, 6.45) is 2.42. The number of nitrogens with zero attached hydrogens (tertiary/aromatic N) is 3. The molecule has 3 fully saturated rings. The monoisotopic (exact) mass is 344 g/mol. The number of carbonyl (C=O) groups excluding carboxylic acids is 1. The van der Waals surface area contributed by atoms with Crippen molar-refractivity contribution in [3.63, 3.8) is 0 Å². The lowest BCUT2D eigenvalue weighted by Crippen LogP contribution is -2.56. The predicted molar refractivity (Wildman–Crippen MR) is 96.0 cm³/mol. The van der Waals surface area contributed by atoms with Crippen molar-refractivity contribution in [1.82, 2.24) is 20.0 Å². The fourth-order valence-electron chi connectivity index (χ4n) is 4.32. The average Bonchev–Trinajstić information content (AvgIpc) is 3.22. The van der Waals surface area contributed by atoms with Gasteiger partial charge in [0.05, 0.1) is 4.88 Å². The van der Waals surface area contributed by atoms with E-state index in [0.29, 0.717) is 17.9 Å². The summed E-state index contributed by atoms with van der Waals surface area (Å²) in [7, 11) is 2.07. The van der Waals surface area contributed by atoms with Gasteiger partial charge in [-0.15, -0.1) is 11.3 Å². The summed E-state index contributed by atoms with van der Waals surface area (Å²) in [5.41, 5.74) is 2.44. The number of carbonyl (C=O) groups is 1. The maximum Gasteiger partial charge on any atom is 0.216 e. The van der Waals surface area contributed by atoms with Gasteiger partial charge in [-0.2, -0.15) is 5.10 Å². The minimum absolute atomic E-state index is 0.0708. The summed E-state index contributed by atoms with van der Waals surface area (Å²) in [6, 6.07) is 6.99. The van der Waals surface area contributed by atoms with Gasteiger partial charge in [0.15, 0.2) is 0 Å². The summed E-state index contributed by atoms with van der Waals surface area (Å²) < 4.78 is 2.07. The van der Waals surface area contributed by atoms with Gasteiger partial charge in [0.1, 0.15) is 5.69 Å². The van der Waals surface area contributed by atoms with Crippen LogP contribution in [0.25, 0.3) is 10.6 Å². The molecule has 1 unspecified atom stereocenters. The second-order valence-electron chi connectivity index (χ2n) is 7.03. The van der Waals surface area contributed by atoms with Gasteiger partial charge < -0.3 is 5.32 Å². The van der Waals surface area contributed by atoms with E-state index in [0.717, 1.165) is 25.3 Å². The second kappa shape index (κ2) is 6.33. The summed E-state index contributed by atoms with van der Waals surface area (Å²) in [5.74, 6) is 1.32. The molecule has 5 nitrogen and oxygen atoms in total. The van der Waals surface area contributed by atoms with Crippen LogP contribution in [0.15, 0.2) is 23.6 Å². The van der Waals surface area contributed by atoms with Gasteiger partial charge in [0.2, 0.25) is 5.91 Å². The zero-order chi connectivity index (χ0) is 16.7. The number of thiophene rings is 1. The highest BCUT2D eigenvalue weighted by Crippen LogP contribution is 2.42. The third kappa shape index (κ3) is 2.89. The second-order valence-corrected chi connectivity index (χ2v) is 7.98. The SMILES string of the molecule is CC(=O)NC[C@H]1C[C@@H]2CCN1C[C@@H]2c1cc(-c2cccs2)nn1C. The molecule has 5 rings (SSSR count). The summed E-state index contributed by atoms with van der Waals surface area (Å²) in [6.45, 7) is 4.62. The normalized spacial score (nSPS) is 28.9. The molecule has 3 saturated heterocycles. The standard InChI is InChI=1S/C18H24N4OS/c1-12(23)19-10-14-8-13-5-6-22(14)11-15(13)17-9-16(20-21(17)2)18-4-3-7-24-18/h3-4,7,9,13-15H,5-6,8,10-11H2,1-2H3,(H,19,23)/t13-,14+,15-/m0/s1. The molecule has 0 saturated carbocycles. The molecule has 4 atom stereocenters. The summed E-state index contributed by atoms with van der Waals surface area (Å²) >= 11 is 1.74. The van der Waals surface area contributed by atoms with Crippen molar-refractivity contribution in [3.8, 4) is 10.6 Å². The molecule has 0 aromatic carbocycles. The van der Waals surface area contributed by atoms with Crippen molar-refractivity contribution in [1.29, 1.82) is 0 Å². The maximum atomic E-state index is 11.2. The van der Waals surface area contributed by atoms with Crippen LogP contribution in [-0.4, -0.2) is 46.3 Å². The van der Waals surface area contributed by atoms with Crippen molar-refractivity contribution in [2.75, 3.05) is 19.6 Å². The molecule has 3 aliphatic rings. The maximum absolute atomic E-state index is 11.2. The Morgan fingerprint density at radius 1 is 1.50 bits per heavy atom. The van der Waals surface area contributed by atoms with E-state index in [2.05, 4.69) is 45.5 Å². The van der Waals surface area contributed by atoms with E-state index in [4.69, 9.17) is 5.10 Å². The molecule has 24 heavy (non-hydrogen) atoms. The van der Waals surface area contributed by atoms with Crippen LogP contribution in [0.1, 0.15) is 31.4 Å². The minimum atomic E-state index is 0.0708. The number of aryl methyl sites for hydroxylation is 1. The number of amides is 1. The van der Waals surface area contributed by atoms with Crippen LogP contribution in [-0.2, 0) is 11.8 Å². The molecule has 0 aliphatic carbocycles. The third-order valence-electron chi connectivity index (χ3n) is 5.53. The fraction of sp³-hybridized carbons (Fsp3) is 0.556. The minimum Gasteiger partial charge on any atom is -0.355 e. The topological polar surface area (TPSA) is 50.2 Å². The molecule has 1 amide bonds. The van der Waals surface area contributed by atoms with Crippen molar-refractivity contribution < 1.29 is 4.79 Å². The van der Waals surface area contributed by atoms with Crippen LogP contribution in [0, 0.1) is 5.92 Å². The Hall–Kier alpha value is -1.66. The van der Waals surface area contributed by atoms with E-state index in [1.54, 1.807) is 18.3 Å². The molecule has 3 aliphatic heterocycles. The van der Waals surface area contributed by atoms with E-state index >= 15 is 0 Å². The lowest BCUT2D eigenvalue weighted by atomic mass is 9.74. The fourth-order valence-corrected chi connectivity index (χ4v) is 5.00. The van der Waals surface area contributed by atoms with Gasteiger partial charge in [0, 0.05) is 44.7 Å². The highest BCUT2D eigenvalue weighted by Gasteiger charge is 2.41. The molecule has 1 N–H and O–H groups in total. The lowest BCUT2D eigenvalue weighted by molar-refractivity contribution is -0.119. The van der Waals surface area contributed by atoms with Gasteiger partial charge in [-0.3, -0.25) is 14.4 Å². The Morgan fingerprint density at radius 3 is 3.04 bits per heavy atom. The van der Waals surface area contributed by atoms with Gasteiger partial charge in [0.25, 0.3) is 0 Å². The van der Waals surface area contributed by atoms with E-state index in [1.165, 1.54) is 23.4 Å². The Morgan fingerprint density at radius 2 is 2.38 bits per heavy atom.